The summed E-state index contributed by atoms with van der Waals surface area (Å²) in [5.41, 5.74) is 1.54. The smallest absolute Gasteiger partial charge is 0.317 e. The lowest BCUT2D eigenvalue weighted by molar-refractivity contribution is 0.0565. The van der Waals surface area contributed by atoms with Gasteiger partial charge in [0.25, 0.3) is 11.8 Å². The van der Waals surface area contributed by atoms with Gasteiger partial charge in [-0.25, -0.2) is 4.79 Å². The molecule has 0 saturated heterocycles. The second kappa shape index (κ2) is 7.80. The van der Waals surface area contributed by atoms with E-state index in [0.717, 1.165) is 10.5 Å². The van der Waals surface area contributed by atoms with Crippen molar-refractivity contribution in [2.45, 2.75) is 19.5 Å². The van der Waals surface area contributed by atoms with Crippen LogP contribution in [0.25, 0.3) is 0 Å². The maximum atomic E-state index is 12.9. The highest BCUT2D eigenvalue weighted by atomic mass is 32.1. The molecule has 9 heteroatoms. The van der Waals surface area contributed by atoms with Crippen molar-refractivity contribution in [2.24, 2.45) is 0 Å². The maximum Gasteiger partial charge on any atom is 0.322 e. The fourth-order valence-electron chi connectivity index (χ4n) is 3.17. The summed E-state index contributed by atoms with van der Waals surface area (Å²) in [5.74, 6) is -0.864. The van der Waals surface area contributed by atoms with Gasteiger partial charge in [0.2, 0.25) is 5.13 Å². The molecule has 1 aliphatic heterocycles. The standard InChI is InChI=1S/C20H17N5O3S/c1-12-23-24-20(29-12)22-19(28)21-16(11-13-7-3-2-4-8-13)25-17(26)14-9-5-6-10-15(14)18(25)27/h2-10,16H,11H2,1H3,(H2,21,22,24,28). The number of aryl methyl sites for hydroxylation is 1. The topological polar surface area (TPSA) is 104 Å². The molecule has 146 valence electrons. The Morgan fingerprint density at radius 3 is 2.21 bits per heavy atom. The summed E-state index contributed by atoms with van der Waals surface area (Å²) in [6, 6.07) is 15.4. The van der Waals surface area contributed by atoms with Crippen LogP contribution in [0.4, 0.5) is 9.93 Å². The maximum absolute atomic E-state index is 12.9. The Balaban J connectivity index is 1.59. The average molecular weight is 407 g/mol. The van der Waals surface area contributed by atoms with Crippen molar-refractivity contribution < 1.29 is 14.4 Å². The molecule has 4 amide bonds. The Morgan fingerprint density at radius 2 is 1.62 bits per heavy atom. The van der Waals surface area contributed by atoms with E-state index in [1.807, 2.05) is 30.3 Å². The molecule has 8 nitrogen and oxygen atoms in total. The number of fused-ring (bicyclic) bond motifs is 1. The molecule has 0 aliphatic carbocycles. The highest BCUT2D eigenvalue weighted by Crippen LogP contribution is 2.25. The third-order valence-electron chi connectivity index (χ3n) is 4.45. The van der Waals surface area contributed by atoms with Crippen LogP contribution in [0.5, 0.6) is 0 Å². The number of nitrogens with one attached hydrogen (secondary N) is 2. The van der Waals surface area contributed by atoms with Crippen molar-refractivity contribution in [3.63, 3.8) is 0 Å². The summed E-state index contributed by atoms with van der Waals surface area (Å²) >= 11 is 1.23. The summed E-state index contributed by atoms with van der Waals surface area (Å²) in [5, 5.41) is 14.1. The average Bonchev–Trinajstić information content (AvgIpc) is 3.23. The molecule has 0 saturated carbocycles. The summed E-state index contributed by atoms with van der Waals surface area (Å²) in [7, 11) is 0. The first-order valence-electron chi connectivity index (χ1n) is 8.91. The summed E-state index contributed by atoms with van der Waals surface area (Å²) in [6.45, 7) is 1.78. The van der Waals surface area contributed by atoms with Gasteiger partial charge in [0.15, 0.2) is 0 Å². The van der Waals surface area contributed by atoms with Crippen LogP contribution in [-0.4, -0.2) is 39.1 Å². The Hall–Kier alpha value is -3.59. The first-order chi connectivity index (χ1) is 14.0. The predicted molar refractivity (Wildman–Crippen MR) is 108 cm³/mol. The summed E-state index contributed by atoms with van der Waals surface area (Å²) in [4.78, 5) is 39.4. The lowest BCUT2D eigenvalue weighted by atomic mass is 10.1. The van der Waals surface area contributed by atoms with Crippen LogP contribution < -0.4 is 10.6 Å². The molecular weight excluding hydrogens is 390 g/mol. The number of imide groups is 1. The Bertz CT molecular complexity index is 1050. The number of urea groups is 1. The number of nitrogens with zero attached hydrogens (tertiary/aromatic N) is 3. The second-order valence-electron chi connectivity index (χ2n) is 6.46. The summed E-state index contributed by atoms with van der Waals surface area (Å²) in [6.07, 6.45) is -0.590. The minimum absolute atomic E-state index is 0.273. The molecule has 2 N–H and O–H groups in total. The molecule has 0 bridgehead atoms. The Kier molecular flexibility index (Phi) is 5.05. The van der Waals surface area contributed by atoms with Crippen molar-refractivity contribution in [3.05, 3.63) is 76.3 Å². The molecule has 0 spiro atoms. The van der Waals surface area contributed by atoms with E-state index in [9.17, 15) is 14.4 Å². The quantitative estimate of drug-likeness (QED) is 0.633. The van der Waals surface area contributed by atoms with Gasteiger partial charge in [-0.15, -0.1) is 10.2 Å². The molecule has 2 heterocycles. The van der Waals surface area contributed by atoms with Crippen LogP contribution in [0, 0.1) is 6.92 Å². The van der Waals surface area contributed by atoms with Crippen LogP contribution in [0.2, 0.25) is 0 Å². The van der Waals surface area contributed by atoms with Crippen molar-refractivity contribution in [2.75, 3.05) is 5.32 Å². The number of anilines is 1. The van der Waals surface area contributed by atoms with Crippen LogP contribution in [0.1, 0.15) is 31.3 Å². The zero-order valence-electron chi connectivity index (χ0n) is 15.5. The van der Waals surface area contributed by atoms with E-state index in [-0.39, 0.29) is 6.42 Å². The number of carbonyl (C=O) groups is 3. The zero-order chi connectivity index (χ0) is 20.4. The van der Waals surface area contributed by atoms with Gasteiger partial charge < -0.3 is 5.32 Å². The summed E-state index contributed by atoms with van der Waals surface area (Å²) < 4.78 is 0. The van der Waals surface area contributed by atoms with Gasteiger partial charge in [0.05, 0.1) is 11.1 Å². The number of benzene rings is 2. The third-order valence-corrected chi connectivity index (χ3v) is 5.21. The fourth-order valence-corrected chi connectivity index (χ4v) is 3.75. The molecule has 29 heavy (non-hydrogen) atoms. The predicted octanol–water partition coefficient (Wildman–Crippen LogP) is 2.83. The van der Waals surface area contributed by atoms with E-state index >= 15 is 0 Å². The number of rotatable bonds is 5. The van der Waals surface area contributed by atoms with Gasteiger partial charge >= 0.3 is 6.03 Å². The lowest BCUT2D eigenvalue weighted by Crippen LogP contribution is -2.53. The molecule has 3 aromatic rings. The van der Waals surface area contributed by atoms with Crippen LogP contribution in [0.15, 0.2) is 54.6 Å². The minimum atomic E-state index is -0.862. The van der Waals surface area contributed by atoms with Crippen molar-refractivity contribution in [1.29, 1.82) is 0 Å². The first kappa shape index (κ1) is 18.8. The molecule has 1 unspecified atom stereocenters. The lowest BCUT2D eigenvalue weighted by Gasteiger charge is -2.27. The number of carbonyl (C=O) groups excluding carboxylic acids is 3. The molecule has 0 radical (unpaired) electrons. The van der Waals surface area contributed by atoms with Gasteiger partial charge in [0, 0.05) is 6.42 Å². The minimum Gasteiger partial charge on any atom is -0.317 e. The van der Waals surface area contributed by atoms with Crippen LogP contribution in [0.3, 0.4) is 0 Å². The number of aromatic nitrogens is 2. The highest BCUT2D eigenvalue weighted by Gasteiger charge is 2.40. The third kappa shape index (κ3) is 3.85. The molecule has 1 aromatic heterocycles. The second-order valence-corrected chi connectivity index (χ2v) is 7.64. The van der Waals surface area contributed by atoms with Crippen molar-refractivity contribution in [1.82, 2.24) is 20.4 Å². The van der Waals surface area contributed by atoms with Crippen LogP contribution >= 0.6 is 11.3 Å². The van der Waals surface area contributed by atoms with Gasteiger partial charge in [-0.05, 0) is 24.6 Å². The van der Waals surface area contributed by atoms with E-state index in [4.69, 9.17) is 0 Å². The largest absolute Gasteiger partial charge is 0.322 e. The van der Waals surface area contributed by atoms with Crippen LogP contribution in [-0.2, 0) is 6.42 Å². The number of amides is 4. The molecule has 1 atom stereocenters. The Morgan fingerprint density at radius 1 is 1.00 bits per heavy atom. The van der Waals surface area contributed by atoms with Gasteiger partial charge in [-0.3, -0.25) is 19.8 Å². The monoisotopic (exact) mass is 407 g/mol. The number of hydrogen-bond acceptors (Lipinski definition) is 6. The molecular formula is C20H17N5O3S. The first-order valence-corrected chi connectivity index (χ1v) is 9.73. The van der Waals surface area contributed by atoms with Gasteiger partial charge in [-0.2, -0.15) is 0 Å². The van der Waals surface area contributed by atoms with E-state index in [1.54, 1.807) is 31.2 Å². The van der Waals surface area contributed by atoms with Gasteiger partial charge in [-0.1, -0.05) is 53.8 Å². The normalized spacial score (nSPS) is 13.9. The fraction of sp³-hybridized carbons (Fsp3) is 0.150. The molecule has 0 fully saturated rings. The SMILES string of the molecule is Cc1nnc(NC(=O)NC(Cc2ccccc2)N2C(=O)c3ccccc3C2=O)s1. The molecule has 2 aromatic carbocycles. The molecule has 4 rings (SSSR count). The van der Waals surface area contributed by atoms with E-state index in [1.165, 1.54) is 11.3 Å². The van der Waals surface area contributed by atoms with Crippen molar-refractivity contribution in [3.8, 4) is 0 Å². The van der Waals surface area contributed by atoms with E-state index in [0.29, 0.717) is 21.3 Å². The van der Waals surface area contributed by atoms with Gasteiger partial charge in [0.1, 0.15) is 11.2 Å². The van der Waals surface area contributed by atoms with Crippen molar-refractivity contribution >= 4 is 34.3 Å². The van der Waals surface area contributed by atoms with E-state index in [2.05, 4.69) is 20.8 Å². The number of hydrogen-bond donors (Lipinski definition) is 2. The molecule has 1 aliphatic rings. The highest BCUT2D eigenvalue weighted by molar-refractivity contribution is 7.15. The Labute approximate surface area is 170 Å². The zero-order valence-corrected chi connectivity index (χ0v) is 16.3. The van der Waals surface area contributed by atoms with E-state index < -0.39 is 24.0 Å².